The number of carbonyl (C=O) groups is 3. The number of hydrogen-bond acceptors (Lipinski definition) is 4. The van der Waals surface area contributed by atoms with Gasteiger partial charge in [0.15, 0.2) is 0 Å². The quantitative estimate of drug-likeness (QED) is 0.856. The Kier molecular flexibility index (Phi) is 5.98. The van der Waals surface area contributed by atoms with E-state index in [0.717, 1.165) is 5.69 Å². The van der Waals surface area contributed by atoms with Crippen molar-refractivity contribution in [1.82, 2.24) is 10.2 Å². The van der Waals surface area contributed by atoms with Crippen LogP contribution < -0.4 is 10.2 Å². The van der Waals surface area contributed by atoms with Crippen molar-refractivity contribution in [2.45, 2.75) is 32.2 Å². The standard InChI is InChI=1S/C20H27N3O4/c1-3-27-20(26)23-11-9-14(10-12-23)21-18(24)16-13-17(16)19(25)22(2)15-7-5-4-6-8-15/h4-8,14,16-17H,3,9-13H2,1-2H3,(H,21,24). The van der Waals surface area contributed by atoms with Crippen LogP contribution in [-0.2, 0) is 14.3 Å². The minimum Gasteiger partial charge on any atom is -0.450 e. The van der Waals surface area contributed by atoms with Crippen LogP contribution in [0.5, 0.6) is 0 Å². The number of ether oxygens (including phenoxy) is 1. The lowest BCUT2D eigenvalue weighted by Gasteiger charge is -2.31. The Labute approximate surface area is 159 Å². The molecule has 2 unspecified atom stereocenters. The molecule has 0 aromatic heterocycles. The monoisotopic (exact) mass is 373 g/mol. The fourth-order valence-corrected chi connectivity index (χ4v) is 3.51. The molecule has 1 aliphatic heterocycles. The largest absolute Gasteiger partial charge is 0.450 e. The number of nitrogens with one attached hydrogen (secondary N) is 1. The Balaban J connectivity index is 1.44. The fourth-order valence-electron chi connectivity index (χ4n) is 3.51. The van der Waals surface area contributed by atoms with Crippen LogP contribution in [0.4, 0.5) is 10.5 Å². The van der Waals surface area contributed by atoms with Crippen molar-refractivity contribution < 1.29 is 19.1 Å². The maximum Gasteiger partial charge on any atom is 0.409 e. The fraction of sp³-hybridized carbons (Fsp3) is 0.550. The van der Waals surface area contributed by atoms with Gasteiger partial charge in [-0.3, -0.25) is 9.59 Å². The molecule has 1 aromatic rings. The van der Waals surface area contributed by atoms with E-state index in [4.69, 9.17) is 4.74 Å². The second kappa shape index (κ2) is 8.41. The van der Waals surface area contributed by atoms with Gasteiger partial charge in [0, 0.05) is 31.9 Å². The number of hydrogen-bond donors (Lipinski definition) is 1. The predicted molar refractivity (Wildman–Crippen MR) is 101 cm³/mol. The zero-order valence-corrected chi connectivity index (χ0v) is 15.9. The predicted octanol–water partition coefficient (Wildman–Crippen LogP) is 2.02. The molecule has 3 rings (SSSR count). The van der Waals surface area contributed by atoms with Gasteiger partial charge in [-0.05, 0) is 38.3 Å². The Morgan fingerprint density at radius 2 is 1.81 bits per heavy atom. The lowest BCUT2D eigenvalue weighted by Crippen LogP contribution is -2.47. The van der Waals surface area contributed by atoms with E-state index in [-0.39, 0.29) is 35.8 Å². The molecule has 146 valence electrons. The van der Waals surface area contributed by atoms with Crippen molar-refractivity contribution in [1.29, 1.82) is 0 Å². The topological polar surface area (TPSA) is 79.0 Å². The van der Waals surface area contributed by atoms with Crippen LogP contribution in [-0.4, -0.2) is 55.6 Å². The number of nitrogens with zero attached hydrogens (tertiary/aromatic N) is 2. The van der Waals surface area contributed by atoms with Gasteiger partial charge in [-0.25, -0.2) is 4.79 Å². The number of amides is 3. The van der Waals surface area contributed by atoms with E-state index in [1.54, 1.807) is 23.8 Å². The molecule has 0 bridgehead atoms. The van der Waals surface area contributed by atoms with Crippen LogP contribution in [0.3, 0.4) is 0 Å². The van der Waals surface area contributed by atoms with E-state index < -0.39 is 0 Å². The summed E-state index contributed by atoms with van der Waals surface area (Å²) >= 11 is 0. The second-order valence-electron chi connectivity index (χ2n) is 7.15. The van der Waals surface area contributed by atoms with Crippen molar-refractivity contribution in [3.05, 3.63) is 30.3 Å². The van der Waals surface area contributed by atoms with Gasteiger partial charge in [0.25, 0.3) is 0 Å². The minimum atomic E-state index is -0.293. The number of anilines is 1. The van der Waals surface area contributed by atoms with Crippen molar-refractivity contribution in [3.8, 4) is 0 Å². The summed E-state index contributed by atoms with van der Waals surface area (Å²) < 4.78 is 5.00. The summed E-state index contributed by atoms with van der Waals surface area (Å²) in [6.07, 6.45) is 1.72. The number of benzene rings is 1. The zero-order chi connectivity index (χ0) is 19.4. The second-order valence-corrected chi connectivity index (χ2v) is 7.15. The molecule has 27 heavy (non-hydrogen) atoms. The Morgan fingerprint density at radius 1 is 1.15 bits per heavy atom. The third kappa shape index (κ3) is 4.59. The SMILES string of the molecule is CCOC(=O)N1CCC(NC(=O)C2CC2C(=O)N(C)c2ccccc2)CC1. The van der Waals surface area contributed by atoms with Crippen LogP contribution in [0, 0.1) is 11.8 Å². The number of piperidine rings is 1. The Hall–Kier alpha value is -2.57. The van der Waals surface area contributed by atoms with Crippen molar-refractivity contribution in [3.63, 3.8) is 0 Å². The highest BCUT2D eigenvalue weighted by molar-refractivity contribution is 6.00. The van der Waals surface area contributed by atoms with Crippen LogP contribution in [0.2, 0.25) is 0 Å². The first-order valence-electron chi connectivity index (χ1n) is 9.56. The summed E-state index contributed by atoms with van der Waals surface area (Å²) in [7, 11) is 1.75. The molecular formula is C20H27N3O4. The molecule has 0 spiro atoms. The van der Waals surface area contributed by atoms with Gasteiger partial charge >= 0.3 is 6.09 Å². The smallest absolute Gasteiger partial charge is 0.409 e. The minimum absolute atomic E-state index is 0.0153. The lowest BCUT2D eigenvalue weighted by atomic mass is 10.0. The molecule has 1 N–H and O–H groups in total. The van der Waals surface area contributed by atoms with E-state index >= 15 is 0 Å². The highest BCUT2D eigenvalue weighted by Gasteiger charge is 2.49. The third-order valence-electron chi connectivity index (χ3n) is 5.29. The number of rotatable bonds is 5. The first-order valence-corrected chi connectivity index (χ1v) is 9.56. The molecule has 1 aromatic carbocycles. The molecular weight excluding hydrogens is 346 g/mol. The van der Waals surface area contributed by atoms with E-state index in [1.165, 1.54) is 0 Å². The van der Waals surface area contributed by atoms with Gasteiger partial charge < -0.3 is 19.9 Å². The molecule has 0 radical (unpaired) electrons. The highest BCUT2D eigenvalue weighted by atomic mass is 16.6. The maximum atomic E-state index is 12.6. The van der Waals surface area contributed by atoms with Crippen LogP contribution in [0.1, 0.15) is 26.2 Å². The first-order chi connectivity index (χ1) is 13.0. The normalized spacial score (nSPS) is 22.1. The number of likely N-dealkylation sites (tertiary alicyclic amines) is 1. The number of para-hydroxylation sites is 1. The van der Waals surface area contributed by atoms with E-state index in [9.17, 15) is 14.4 Å². The highest BCUT2D eigenvalue weighted by Crippen LogP contribution is 2.40. The molecule has 7 heteroatoms. The molecule has 3 amide bonds. The van der Waals surface area contributed by atoms with Crippen molar-refractivity contribution in [2.75, 3.05) is 31.6 Å². The molecule has 2 fully saturated rings. The van der Waals surface area contributed by atoms with Crippen LogP contribution in [0.25, 0.3) is 0 Å². The summed E-state index contributed by atoms with van der Waals surface area (Å²) in [5.41, 5.74) is 0.833. The maximum absolute atomic E-state index is 12.6. The number of carbonyl (C=O) groups excluding carboxylic acids is 3. The molecule has 1 saturated heterocycles. The summed E-state index contributed by atoms with van der Waals surface area (Å²) in [4.78, 5) is 40.1. The third-order valence-corrected chi connectivity index (χ3v) is 5.29. The van der Waals surface area contributed by atoms with E-state index in [0.29, 0.717) is 39.0 Å². The molecule has 1 saturated carbocycles. The van der Waals surface area contributed by atoms with Gasteiger partial charge in [0.2, 0.25) is 11.8 Å². The van der Waals surface area contributed by atoms with Crippen LogP contribution in [0.15, 0.2) is 30.3 Å². The average Bonchev–Trinajstić information content (AvgIpc) is 3.49. The first kappa shape index (κ1) is 19.2. The van der Waals surface area contributed by atoms with Gasteiger partial charge in [-0.15, -0.1) is 0 Å². The van der Waals surface area contributed by atoms with Crippen LogP contribution >= 0.6 is 0 Å². The molecule has 2 atom stereocenters. The molecule has 2 aliphatic rings. The summed E-state index contributed by atoms with van der Waals surface area (Å²) in [6.45, 7) is 3.30. The van der Waals surface area contributed by atoms with Gasteiger partial charge in [-0.2, -0.15) is 0 Å². The Bertz CT molecular complexity index is 686. The summed E-state index contributed by atoms with van der Waals surface area (Å²) in [5, 5.41) is 3.05. The summed E-state index contributed by atoms with van der Waals surface area (Å²) in [6, 6.07) is 9.49. The van der Waals surface area contributed by atoms with Gasteiger partial charge in [0.1, 0.15) is 0 Å². The van der Waals surface area contributed by atoms with E-state index in [2.05, 4.69) is 5.32 Å². The molecule has 7 nitrogen and oxygen atoms in total. The Morgan fingerprint density at radius 3 is 2.44 bits per heavy atom. The van der Waals surface area contributed by atoms with Crippen molar-refractivity contribution in [2.24, 2.45) is 11.8 Å². The lowest BCUT2D eigenvalue weighted by molar-refractivity contribution is -0.126. The van der Waals surface area contributed by atoms with Gasteiger partial charge in [-0.1, -0.05) is 18.2 Å². The van der Waals surface area contributed by atoms with E-state index in [1.807, 2.05) is 30.3 Å². The average molecular weight is 373 g/mol. The molecule has 1 heterocycles. The van der Waals surface area contributed by atoms with Gasteiger partial charge in [0.05, 0.1) is 18.4 Å². The molecule has 1 aliphatic carbocycles. The van der Waals surface area contributed by atoms with Crippen molar-refractivity contribution >= 4 is 23.6 Å². The summed E-state index contributed by atoms with van der Waals surface area (Å²) in [5.74, 6) is -0.551. The zero-order valence-electron chi connectivity index (χ0n) is 15.9.